The summed E-state index contributed by atoms with van der Waals surface area (Å²) in [6, 6.07) is 5.68. The lowest BCUT2D eigenvalue weighted by molar-refractivity contribution is 0.0915. The smallest absolute Gasteiger partial charge is 0.251 e. The zero-order chi connectivity index (χ0) is 15.2. The molecule has 4 nitrogen and oxygen atoms in total. The zero-order valence-electron chi connectivity index (χ0n) is 12.5. The van der Waals surface area contributed by atoms with Gasteiger partial charge in [0.15, 0.2) is 0 Å². The fourth-order valence-corrected chi connectivity index (χ4v) is 2.68. The van der Waals surface area contributed by atoms with E-state index in [-0.39, 0.29) is 24.7 Å². The Balaban J connectivity index is 2.07. The Hall–Kier alpha value is -1.83. The molecule has 1 amide bonds. The Morgan fingerprint density at radius 3 is 2.90 bits per heavy atom. The highest BCUT2D eigenvalue weighted by atomic mass is 16.5. The molecular formula is C17H21NO3. The van der Waals surface area contributed by atoms with Gasteiger partial charge in [0, 0.05) is 24.3 Å². The van der Waals surface area contributed by atoms with Crippen molar-refractivity contribution < 1.29 is 14.6 Å². The first-order valence-corrected chi connectivity index (χ1v) is 7.17. The van der Waals surface area contributed by atoms with E-state index in [1.165, 1.54) is 0 Å². The van der Waals surface area contributed by atoms with Gasteiger partial charge < -0.3 is 15.2 Å². The van der Waals surface area contributed by atoms with Gasteiger partial charge in [-0.25, -0.2) is 0 Å². The van der Waals surface area contributed by atoms with E-state index in [4.69, 9.17) is 9.84 Å². The van der Waals surface area contributed by atoms with E-state index in [2.05, 4.69) is 17.2 Å². The van der Waals surface area contributed by atoms with Crippen molar-refractivity contribution in [2.45, 2.75) is 38.3 Å². The number of aliphatic hydroxyl groups excluding tert-OH is 1. The van der Waals surface area contributed by atoms with Gasteiger partial charge in [0.25, 0.3) is 5.91 Å². The molecule has 1 aromatic carbocycles. The van der Waals surface area contributed by atoms with Crippen molar-refractivity contribution in [2.24, 2.45) is 0 Å². The highest BCUT2D eigenvalue weighted by molar-refractivity contribution is 5.95. The molecule has 1 aromatic rings. The number of rotatable bonds is 3. The number of methoxy groups -OCH3 is 1. The minimum absolute atomic E-state index is 0.0764. The average molecular weight is 287 g/mol. The molecule has 0 radical (unpaired) electrons. The lowest BCUT2D eigenvalue weighted by Crippen LogP contribution is -2.33. The highest BCUT2D eigenvalue weighted by Gasteiger charge is 2.25. The normalized spacial score (nSPS) is 20.7. The van der Waals surface area contributed by atoms with Gasteiger partial charge in [-0.15, -0.1) is 0 Å². The predicted octanol–water partition coefficient (Wildman–Crippen LogP) is 1.64. The van der Waals surface area contributed by atoms with Crippen LogP contribution in [0, 0.1) is 18.8 Å². The molecule has 2 atom stereocenters. The Kier molecular flexibility index (Phi) is 5.38. The minimum atomic E-state index is -0.185. The van der Waals surface area contributed by atoms with Gasteiger partial charge in [-0.05, 0) is 49.9 Å². The second kappa shape index (κ2) is 7.26. The fourth-order valence-electron chi connectivity index (χ4n) is 2.68. The van der Waals surface area contributed by atoms with Gasteiger partial charge >= 0.3 is 0 Å². The summed E-state index contributed by atoms with van der Waals surface area (Å²) in [5.41, 5.74) is 2.33. The summed E-state index contributed by atoms with van der Waals surface area (Å²) in [6.45, 7) is 1.74. The fraction of sp³-hybridized carbons (Fsp3) is 0.471. The molecule has 1 aliphatic rings. The van der Waals surface area contributed by atoms with Gasteiger partial charge in [0.05, 0.1) is 6.10 Å². The quantitative estimate of drug-likeness (QED) is 0.831. The molecule has 21 heavy (non-hydrogen) atoms. The second-order valence-electron chi connectivity index (χ2n) is 5.39. The summed E-state index contributed by atoms with van der Waals surface area (Å²) in [4.78, 5) is 12.3. The summed E-state index contributed by atoms with van der Waals surface area (Å²) >= 11 is 0. The lowest BCUT2D eigenvalue weighted by Gasteiger charge is -2.13. The van der Waals surface area contributed by atoms with Gasteiger partial charge in [-0.3, -0.25) is 4.79 Å². The number of carbonyl (C=O) groups is 1. The van der Waals surface area contributed by atoms with Gasteiger partial charge in [-0.2, -0.15) is 0 Å². The number of aryl methyl sites for hydroxylation is 1. The molecule has 112 valence electrons. The van der Waals surface area contributed by atoms with Crippen molar-refractivity contribution in [3.05, 3.63) is 34.9 Å². The first kappa shape index (κ1) is 15.6. The number of carbonyl (C=O) groups excluding carboxylic acids is 1. The van der Waals surface area contributed by atoms with Crippen LogP contribution in [0.1, 0.15) is 40.7 Å². The zero-order valence-corrected chi connectivity index (χ0v) is 12.5. The van der Waals surface area contributed by atoms with Crippen LogP contribution in [0.4, 0.5) is 0 Å². The number of aliphatic hydroxyl groups is 1. The third kappa shape index (κ3) is 4.32. The highest BCUT2D eigenvalue weighted by Crippen LogP contribution is 2.22. The van der Waals surface area contributed by atoms with Crippen LogP contribution in [0.25, 0.3) is 0 Å². The molecular weight excluding hydrogens is 266 g/mol. The molecule has 4 heteroatoms. The van der Waals surface area contributed by atoms with Gasteiger partial charge in [0.1, 0.15) is 6.61 Å². The first-order chi connectivity index (χ1) is 10.1. The molecule has 0 aliphatic heterocycles. The van der Waals surface area contributed by atoms with E-state index in [0.29, 0.717) is 5.56 Å². The van der Waals surface area contributed by atoms with E-state index in [1.54, 1.807) is 13.2 Å². The van der Waals surface area contributed by atoms with Crippen LogP contribution in [-0.4, -0.2) is 36.9 Å². The number of ether oxygens (including phenoxy) is 1. The number of benzene rings is 1. The molecule has 0 spiro atoms. The van der Waals surface area contributed by atoms with Crippen molar-refractivity contribution in [2.75, 3.05) is 13.7 Å². The van der Waals surface area contributed by atoms with Gasteiger partial charge in [0.2, 0.25) is 0 Å². The van der Waals surface area contributed by atoms with Gasteiger partial charge in [-0.1, -0.05) is 11.8 Å². The third-order valence-corrected chi connectivity index (χ3v) is 3.70. The molecule has 0 bridgehead atoms. The summed E-state index contributed by atoms with van der Waals surface area (Å²) in [7, 11) is 1.71. The van der Waals surface area contributed by atoms with Crippen LogP contribution >= 0.6 is 0 Å². The van der Waals surface area contributed by atoms with Crippen LogP contribution in [0.3, 0.4) is 0 Å². The predicted molar refractivity (Wildman–Crippen MR) is 81.0 cm³/mol. The average Bonchev–Trinajstić information content (AvgIpc) is 2.92. The maximum absolute atomic E-state index is 12.3. The van der Waals surface area contributed by atoms with Crippen LogP contribution in [0.5, 0.6) is 0 Å². The minimum Gasteiger partial charge on any atom is -0.384 e. The third-order valence-electron chi connectivity index (χ3n) is 3.70. The Labute approximate surface area is 125 Å². The standard InChI is InChI=1S/C17H21NO3/c1-12-8-13(4-3-7-19)10-14(9-12)17(20)18-15-5-6-16(11-15)21-2/h8-10,15-16,19H,5-7,11H2,1-2H3,(H,18,20). The molecule has 0 saturated heterocycles. The number of nitrogens with one attached hydrogen (secondary N) is 1. The van der Waals surface area contributed by atoms with Crippen molar-refractivity contribution in [3.63, 3.8) is 0 Å². The molecule has 1 saturated carbocycles. The largest absolute Gasteiger partial charge is 0.384 e. The Morgan fingerprint density at radius 1 is 1.43 bits per heavy atom. The molecule has 1 aliphatic carbocycles. The van der Waals surface area contributed by atoms with E-state index in [1.807, 2.05) is 19.1 Å². The lowest BCUT2D eigenvalue weighted by atomic mass is 10.1. The molecule has 2 N–H and O–H groups in total. The van der Waals surface area contributed by atoms with Crippen molar-refractivity contribution in [3.8, 4) is 11.8 Å². The van der Waals surface area contributed by atoms with Crippen molar-refractivity contribution in [1.29, 1.82) is 0 Å². The molecule has 2 unspecified atom stereocenters. The van der Waals surface area contributed by atoms with E-state index >= 15 is 0 Å². The van der Waals surface area contributed by atoms with Crippen LogP contribution in [0.15, 0.2) is 18.2 Å². The Morgan fingerprint density at radius 2 is 2.24 bits per heavy atom. The monoisotopic (exact) mass is 287 g/mol. The number of amides is 1. The number of hydrogen-bond acceptors (Lipinski definition) is 3. The second-order valence-corrected chi connectivity index (χ2v) is 5.39. The summed E-state index contributed by atoms with van der Waals surface area (Å²) in [6.07, 6.45) is 3.06. The number of hydrogen-bond donors (Lipinski definition) is 2. The van der Waals surface area contributed by atoms with E-state index < -0.39 is 0 Å². The van der Waals surface area contributed by atoms with Crippen molar-refractivity contribution in [1.82, 2.24) is 5.32 Å². The molecule has 2 rings (SSSR count). The maximum Gasteiger partial charge on any atom is 0.251 e. The molecule has 0 aromatic heterocycles. The topological polar surface area (TPSA) is 58.6 Å². The van der Waals surface area contributed by atoms with Crippen LogP contribution in [-0.2, 0) is 4.74 Å². The van der Waals surface area contributed by atoms with Crippen LogP contribution in [0.2, 0.25) is 0 Å². The SMILES string of the molecule is COC1CCC(NC(=O)c2cc(C)cc(C#CCO)c2)C1. The van der Waals surface area contributed by atoms with Crippen LogP contribution < -0.4 is 5.32 Å². The maximum atomic E-state index is 12.3. The van der Waals surface area contributed by atoms with E-state index in [9.17, 15) is 4.79 Å². The van der Waals surface area contributed by atoms with E-state index in [0.717, 1.165) is 30.4 Å². The van der Waals surface area contributed by atoms with Crippen molar-refractivity contribution >= 4 is 5.91 Å². The molecule has 0 heterocycles. The summed E-state index contributed by atoms with van der Waals surface area (Å²) in [5.74, 6) is 5.37. The summed E-state index contributed by atoms with van der Waals surface area (Å²) < 4.78 is 5.32. The first-order valence-electron chi connectivity index (χ1n) is 7.17. The summed E-state index contributed by atoms with van der Waals surface area (Å²) in [5, 5.41) is 11.8. The Bertz CT molecular complexity index is 571. The molecule has 1 fully saturated rings.